The van der Waals surface area contributed by atoms with Crippen molar-refractivity contribution in [2.24, 2.45) is 0 Å². The van der Waals surface area contributed by atoms with Crippen LogP contribution in [0.25, 0.3) is 0 Å². The number of allylic oxidation sites excluding steroid dienone is 8. The van der Waals surface area contributed by atoms with Gasteiger partial charge < -0.3 is 24.8 Å². The van der Waals surface area contributed by atoms with Gasteiger partial charge in [-0.05, 0) is 0 Å². The van der Waals surface area contributed by atoms with E-state index in [1.807, 2.05) is 7.76 Å². The second-order valence-electron chi connectivity index (χ2n) is 4.22. The van der Waals surface area contributed by atoms with Crippen LogP contribution in [-0.2, 0) is 17.1 Å². The molecule has 2 aliphatic rings. The Morgan fingerprint density at radius 1 is 0.938 bits per heavy atom. The van der Waals surface area contributed by atoms with Gasteiger partial charge >= 0.3 is 93.9 Å². The molecule has 2 aliphatic carbocycles. The van der Waals surface area contributed by atoms with Crippen LogP contribution in [0.4, 0.5) is 0 Å². The maximum atomic E-state index is 2.54. The molecule has 0 unspecified atom stereocenters. The Balaban J connectivity index is 0.00000112. The molecule has 0 atom stereocenters. The average molecular weight is 308 g/mol. The minimum atomic E-state index is -0.972. The summed E-state index contributed by atoms with van der Waals surface area (Å²) in [5.41, 5.74) is 0. The largest absolute Gasteiger partial charge is 1.00 e. The van der Waals surface area contributed by atoms with E-state index < -0.39 is 23.8 Å². The fraction of sp³-hybridized carbons (Fsp3) is 0.333. The molecule has 0 aromatic carbocycles. The normalized spacial score (nSPS) is 16.7. The van der Waals surface area contributed by atoms with E-state index in [4.69, 9.17) is 0 Å². The van der Waals surface area contributed by atoms with Crippen LogP contribution in [0.15, 0.2) is 44.2 Å². The molecule has 87 valence electrons. The molecule has 0 bridgehead atoms. The Labute approximate surface area is 118 Å². The SMILES string of the molecule is C[SiH](C)[Ti+2]([C]1=CC=CC1)[C]1=CC=CC1.[Cl-].[Cl-]. The molecule has 0 nitrogen and oxygen atoms in total. The van der Waals surface area contributed by atoms with Gasteiger partial charge in [0, 0.05) is 0 Å². The van der Waals surface area contributed by atoms with Gasteiger partial charge in [0.05, 0.1) is 0 Å². The van der Waals surface area contributed by atoms with Crippen molar-refractivity contribution >= 4 is 6.66 Å². The molecule has 0 spiro atoms. The van der Waals surface area contributed by atoms with Crippen molar-refractivity contribution in [2.75, 3.05) is 0 Å². The third kappa shape index (κ3) is 3.75. The first-order valence-corrected chi connectivity index (χ1v) is 12.5. The predicted molar refractivity (Wildman–Crippen MR) is 62.6 cm³/mol. The van der Waals surface area contributed by atoms with Gasteiger partial charge in [0.25, 0.3) is 0 Å². The van der Waals surface area contributed by atoms with E-state index >= 15 is 0 Å². The molecular weight excluding hydrogens is 291 g/mol. The standard InChI is InChI=1S/2C5H5.C2H7Si.2ClH.Ti/c2*1-2-4-5-3-1;1-3-2;;;/h2*1-3H,4H2;3H,1-2H3;2*1H;/q;;;;;+2/p-2. The molecule has 0 amide bonds. The third-order valence-electron chi connectivity index (χ3n) is 2.81. The van der Waals surface area contributed by atoms with Gasteiger partial charge in [0.2, 0.25) is 0 Å². The number of halogens is 2. The minimum absolute atomic E-state index is 0. The summed E-state index contributed by atoms with van der Waals surface area (Å²) in [5.74, 6) is 0. The molecule has 0 aromatic rings. The zero-order valence-corrected chi connectivity index (χ0v) is 13.9. The Kier molecular flexibility index (Phi) is 7.96. The van der Waals surface area contributed by atoms with E-state index in [1.54, 1.807) is 0 Å². The fourth-order valence-corrected chi connectivity index (χ4v) is 15.0. The molecule has 2 rings (SSSR count). The molecule has 0 aliphatic heterocycles. The van der Waals surface area contributed by atoms with E-state index in [2.05, 4.69) is 49.6 Å². The monoisotopic (exact) mass is 307 g/mol. The minimum Gasteiger partial charge on any atom is -1.00 e. The van der Waals surface area contributed by atoms with Gasteiger partial charge in [-0.2, -0.15) is 0 Å². The number of hydrogen-bond donors (Lipinski definition) is 0. The summed E-state index contributed by atoms with van der Waals surface area (Å²) in [4.78, 5) is 0. The van der Waals surface area contributed by atoms with Gasteiger partial charge in [-0.1, -0.05) is 0 Å². The summed E-state index contributed by atoms with van der Waals surface area (Å²) in [6.45, 7) is 4.63. The van der Waals surface area contributed by atoms with Gasteiger partial charge in [-0.25, -0.2) is 0 Å². The quantitative estimate of drug-likeness (QED) is 0.497. The van der Waals surface area contributed by atoms with E-state index in [-0.39, 0.29) is 24.8 Å². The fourth-order valence-electron chi connectivity index (χ4n) is 2.24. The molecule has 0 saturated heterocycles. The summed E-state index contributed by atoms with van der Waals surface area (Å²) < 4.78 is 3.64. The van der Waals surface area contributed by atoms with Crippen molar-refractivity contribution < 1.29 is 41.9 Å². The molecular formula is C12H17Cl2SiTi. The van der Waals surface area contributed by atoms with Crippen LogP contribution in [0.2, 0.25) is 13.1 Å². The first-order chi connectivity index (χ1) is 6.79. The summed E-state index contributed by atoms with van der Waals surface area (Å²) in [5, 5.41) is 0. The molecule has 0 radical (unpaired) electrons. The topological polar surface area (TPSA) is 0 Å². The van der Waals surface area contributed by atoms with Crippen molar-refractivity contribution in [3.05, 3.63) is 44.2 Å². The first-order valence-electron chi connectivity index (χ1n) is 5.38. The second kappa shape index (κ2) is 7.73. The van der Waals surface area contributed by atoms with E-state index in [0.717, 1.165) is 0 Å². The summed E-state index contributed by atoms with van der Waals surface area (Å²) in [6, 6.07) is 0. The van der Waals surface area contributed by atoms with E-state index in [0.29, 0.717) is 0 Å². The van der Waals surface area contributed by atoms with Crippen molar-refractivity contribution in [1.82, 2.24) is 0 Å². The molecule has 0 fully saturated rings. The van der Waals surface area contributed by atoms with Crippen molar-refractivity contribution in [3.63, 3.8) is 0 Å². The van der Waals surface area contributed by atoms with E-state index in [9.17, 15) is 0 Å². The maximum absolute atomic E-state index is 2.54. The van der Waals surface area contributed by atoms with Crippen LogP contribution in [0.5, 0.6) is 0 Å². The molecule has 0 aromatic heterocycles. The van der Waals surface area contributed by atoms with Crippen LogP contribution in [0.1, 0.15) is 12.8 Å². The van der Waals surface area contributed by atoms with Gasteiger partial charge in [0.15, 0.2) is 0 Å². The van der Waals surface area contributed by atoms with Gasteiger partial charge in [-0.3, -0.25) is 0 Å². The molecule has 0 saturated carbocycles. The summed E-state index contributed by atoms with van der Waals surface area (Å²) in [7, 11) is 0. The smallest absolute Gasteiger partial charge is 1.00 e. The second-order valence-corrected chi connectivity index (χ2v) is 17.6. The Hall–Kier alpha value is 0.471. The summed E-state index contributed by atoms with van der Waals surface area (Å²) in [6.07, 6.45) is 16.5. The molecule has 0 N–H and O–H groups in total. The van der Waals surface area contributed by atoms with Crippen molar-refractivity contribution in [1.29, 1.82) is 0 Å². The zero-order valence-electron chi connectivity index (χ0n) is 9.71. The Bertz CT molecular complexity index is 313. The Morgan fingerprint density at radius 3 is 1.62 bits per heavy atom. The van der Waals surface area contributed by atoms with Crippen LogP contribution in [-0.4, -0.2) is 6.66 Å². The zero-order chi connectivity index (χ0) is 9.97. The Morgan fingerprint density at radius 2 is 1.38 bits per heavy atom. The van der Waals surface area contributed by atoms with Crippen LogP contribution in [0, 0.1) is 0 Å². The summed E-state index contributed by atoms with van der Waals surface area (Å²) >= 11 is -0.972. The van der Waals surface area contributed by atoms with Crippen LogP contribution in [0.3, 0.4) is 0 Å². The predicted octanol–water partition coefficient (Wildman–Crippen LogP) is -2.72. The van der Waals surface area contributed by atoms with E-state index in [1.165, 1.54) is 12.8 Å². The average Bonchev–Trinajstić information content (AvgIpc) is 2.75. The van der Waals surface area contributed by atoms with Crippen LogP contribution < -0.4 is 24.8 Å². The van der Waals surface area contributed by atoms with Crippen molar-refractivity contribution in [2.45, 2.75) is 25.9 Å². The molecule has 0 heterocycles. The van der Waals surface area contributed by atoms with Gasteiger partial charge in [-0.15, -0.1) is 0 Å². The molecule has 4 heteroatoms. The molecule has 16 heavy (non-hydrogen) atoms. The van der Waals surface area contributed by atoms with Gasteiger partial charge in [0.1, 0.15) is 0 Å². The van der Waals surface area contributed by atoms with Crippen LogP contribution >= 0.6 is 0 Å². The third-order valence-corrected chi connectivity index (χ3v) is 15.8. The maximum Gasteiger partial charge on any atom is -1.00 e. The number of rotatable bonds is 3. The van der Waals surface area contributed by atoms with Crippen molar-refractivity contribution in [3.8, 4) is 0 Å². The first kappa shape index (κ1) is 16.5. The number of hydrogen-bond acceptors (Lipinski definition) is 0.